The Morgan fingerprint density at radius 3 is 2.38 bits per heavy atom. The zero-order chi connectivity index (χ0) is 15.2. The average Bonchev–Trinajstić information content (AvgIpc) is 2.44. The van der Waals surface area contributed by atoms with Crippen LogP contribution in [0.25, 0.3) is 0 Å². The number of hydrazone groups is 1. The summed E-state index contributed by atoms with van der Waals surface area (Å²) < 4.78 is 5.78. The second kappa shape index (κ2) is 6.56. The number of benzene rings is 2. The van der Waals surface area contributed by atoms with E-state index in [4.69, 9.17) is 10.5 Å². The maximum Gasteiger partial charge on any atom is 0.332 e. The molecule has 0 aliphatic heterocycles. The van der Waals surface area contributed by atoms with Crippen LogP contribution < -0.4 is 15.9 Å². The summed E-state index contributed by atoms with van der Waals surface area (Å²) in [5.74, 6) is 1.54. The van der Waals surface area contributed by atoms with E-state index in [-0.39, 0.29) is 0 Å². The Balaban J connectivity index is 2.03. The quantitative estimate of drug-likeness (QED) is 0.668. The Bertz CT molecular complexity index is 664. The first-order valence-corrected chi connectivity index (χ1v) is 6.48. The van der Waals surface area contributed by atoms with Gasteiger partial charge in [0.25, 0.3) is 0 Å². The SMILES string of the molecule is Cc1ccc(Oc2ccc(C=NNC(N)=O)cc2)cc1C. The van der Waals surface area contributed by atoms with Crippen molar-refractivity contribution in [3.8, 4) is 11.5 Å². The molecule has 0 spiro atoms. The molecular weight excluding hydrogens is 266 g/mol. The number of nitrogens with two attached hydrogens (primary N) is 1. The molecule has 21 heavy (non-hydrogen) atoms. The van der Waals surface area contributed by atoms with E-state index in [9.17, 15) is 4.79 Å². The van der Waals surface area contributed by atoms with E-state index in [2.05, 4.69) is 17.5 Å². The first kappa shape index (κ1) is 14.6. The van der Waals surface area contributed by atoms with E-state index >= 15 is 0 Å². The van der Waals surface area contributed by atoms with Gasteiger partial charge in [-0.2, -0.15) is 5.10 Å². The number of aryl methyl sites for hydroxylation is 2. The molecule has 0 saturated carbocycles. The van der Waals surface area contributed by atoms with Crippen molar-refractivity contribution in [3.63, 3.8) is 0 Å². The van der Waals surface area contributed by atoms with Gasteiger partial charge in [0.1, 0.15) is 11.5 Å². The van der Waals surface area contributed by atoms with Crippen LogP contribution >= 0.6 is 0 Å². The minimum Gasteiger partial charge on any atom is -0.457 e. The zero-order valence-electron chi connectivity index (χ0n) is 12.0. The van der Waals surface area contributed by atoms with Gasteiger partial charge in [-0.1, -0.05) is 6.07 Å². The maximum atomic E-state index is 10.5. The van der Waals surface area contributed by atoms with E-state index in [0.717, 1.165) is 17.1 Å². The first-order chi connectivity index (χ1) is 10.0. The number of urea groups is 1. The van der Waals surface area contributed by atoms with Crippen molar-refractivity contribution >= 4 is 12.2 Å². The minimum atomic E-state index is -0.694. The van der Waals surface area contributed by atoms with Crippen molar-refractivity contribution in [2.24, 2.45) is 10.8 Å². The van der Waals surface area contributed by atoms with Crippen LogP contribution in [0.3, 0.4) is 0 Å². The van der Waals surface area contributed by atoms with E-state index in [1.54, 1.807) is 0 Å². The number of primary amides is 1. The predicted octanol–water partition coefficient (Wildman–Crippen LogP) is 3.10. The van der Waals surface area contributed by atoms with Gasteiger partial charge in [0.05, 0.1) is 6.21 Å². The number of amides is 2. The Hall–Kier alpha value is -2.82. The number of hydrogen-bond acceptors (Lipinski definition) is 3. The van der Waals surface area contributed by atoms with Crippen molar-refractivity contribution in [2.45, 2.75) is 13.8 Å². The molecule has 0 aromatic heterocycles. The Morgan fingerprint density at radius 1 is 1.10 bits per heavy atom. The number of ether oxygens (including phenoxy) is 1. The highest BCUT2D eigenvalue weighted by Gasteiger charge is 1.99. The molecule has 2 amide bonds. The summed E-state index contributed by atoms with van der Waals surface area (Å²) in [4.78, 5) is 10.5. The monoisotopic (exact) mass is 283 g/mol. The van der Waals surface area contributed by atoms with Gasteiger partial charge in [0, 0.05) is 0 Å². The molecule has 0 aliphatic rings. The predicted molar refractivity (Wildman–Crippen MR) is 82.7 cm³/mol. The molecule has 5 heteroatoms. The molecule has 0 radical (unpaired) electrons. The average molecular weight is 283 g/mol. The molecule has 3 N–H and O–H groups in total. The standard InChI is InChI=1S/C16H17N3O2/c1-11-3-6-15(9-12(11)2)21-14-7-4-13(5-8-14)10-18-19-16(17)20/h3-10H,1-2H3,(H3,17,19,20). The fourth-order valence-electron chi connectivity index (χ4n) is 1.71. The van der Waals surface area contributed by atoms with Gasteiger partial charge in [-0.3, -0.25) is 0 Å². The van der Waals surface area contributed by atoms with Crippen LogP contribution in [-0.2, 0) is 0 Å². The molecule has 2 aromatic rings. The molecule has 0 heterocycles. The zero-order valence-corrected chi connectivity index (χ0v) is 12.0. The number of hydrogen-bond donors (Lipinski definition) is 2. The van der Waals surface area contributed by atoms with Crippen LogP contribution in [0.1, 0.15) is 16.7 Å². The Labute approximate surface area is 123 Å². The highest BCUT2D eigenvalue weighted by Crippen LogP contribution is 2.23. The Morgan fingerprint density at radius 2 is 1.76 bits per heavy atom. The third kappa shape index (κ3) is 4.35. The van der Waals surface area contributed by atoms with Crippen molar-refractivity contribution in [1.29, 1.82) is 0 Å². The van der Waals surface area contributed by atoms with Crippen LogP contribution in [0, 0.1) is 13.8 Å². The van der Waals surface area contributed by atoms with Crippen LogP contribution in [-0.4, -0.2) is 12.2 Å². The van der Waals surface area contributed by atoms with Gasteiger partial charge in [0.2, 0.25) is 0 Å². The van der Waals surface area contributed by atoms with Crippen molar-refractivity contribution in [2.75, 3.05) is 0 Å². The normalized spacial score (nSPS) is 10.6. The molecule has 0 aliphatic carbocycles. The molecule has 2 aromatic carbocycles. The fourth-order valence-corrected chi connectivity index (χ4v) is 1.71. The lowest BCUT2D eigenvalue weighted by Gasteiger charge is -2.08. The van der Waals surface area contributed by atoms with Crippen LogP contribution in [0.2, 0.25) is 0 Å². The summed E-state index contributed by atoms with van der Waals surface area (Å²) in [7, 11) is 0. The molecule has 2 rings (SSSR count). The molecule has 108 valence electrons. The topological polar surface area (TPSA) is 76.7 Å². The number of carbonyl (C=O) groups is 1. The second-order valence-electron chi connectivity index (χ2n) is 4.65. The van der Waals surface area contributed by atoms with Gasteiger partial charge in [-0.05, 0) is 66.9 Å². The summed E-state index contributed by atoms with van der Waals surface area (Å²) in [5, 5.41) is 3.69. The van der Waals surface area contributed by atoms with Gasteiger partial charge < -0.3 is 10.5 Å². The maximum absolute atomic E-state index is 10.5. The van der Waals surface area contributed by atoms with Gasteiger partial charge in [-0.15, -0.1) is 0 Å². The third-order valence-corrected chi connectivity index (χ3v) is 2.98. The highest BCUT2D eigenvalue weighted by atomic mass is 16.5. The summed E-state index contributed by atoms with van der Waals surface area (Å²) in [6, 6.07) is 12.6. The fraction of sp³-hybridized carbons (Fsp3) is 0.125. The van der Waals surface area contributed by atoms with Crippen LogP contribution in [0.5, 0.6) is 11.5 Å². The molecule has 0 bridgehead atoms. The smallest absolute Gasteiger partial charge is 0.332 e. The summed E-state index contributed by atoms with van der Waals surface area (Å²) in [5.41, 5.74) is 10.3. The molecule has 5 nitrogen and oxygen atoms in total. The van der Waals surface area contributed by atoms with Gasteiger partial charge in [0.15, 0.2) is 0 Å². The minimum absolute atomic E-state index is 0.694. The van der Waals surface area contributed by atoms with Crippen molar-refractivity contribution in [1.82, 2.24) is 5.43 Å². The van der Waals surface area contributed by atoms with E-state index in [1.807, 2.05) is 49.4 Å². The van der Waals surface area contributed by atoms with Gasteiger partial charge in [-0.25, -0.2) is 10.2 Å². The Kier molecular flexibility index (Phi) is 4.56. The third-order valence-electron chi connectivity index (χ3n) is 2.98. The summed E-state index contributed by atoms with van der Waals surface area (Å²) in [6.07, 6.45) is 1.50. The van der Waals surface area contributed by atoms with Crippen LogP contribution in [0.15, 0.2) is 47.6 Å². The van der Waals surface area contributed by atoms with E-state index < -0.39 is 6.03 Å². The van der Waals surface area contributed by atoms with E-state index in [0.29, 0.717) is 0 Å². The first-order valence-electron chi connectivity index (χ1n) is 6.48. The lowest BCUT2D eigenvalue weighted by atomic mass is 10.1. The molecule has 0 fully saturated rings. The largest absolute Gasteiger partial charge is 0.457 e. The lowest BCUT2D eigenvalue weighted by molar-refractivity contribution is 0.249. The van der Waals surface area contributed by atoms with E-state index in [1.165, 1.54) is 17.3 Å². The second-order valence-corrected chi connectivity index (χ2v) is 4.65. The molecular formula is C16H17N3O2. The van der Waals surface area contributed by atoms with Gasteiger partial charge >= 0.3 is 6.03 Å². The summed E-state index contributed by atoms with van der Waals surface area (Å²) in [6.45, 7) is 4.11. The number of nitrogens with one attached hydrogen (secondary N) is 1. The summed E-state index contributed by atoms with van der Waals surface area (Å²) >= 11 is 0. The molecule has 0 unspecified atom stereocenters. The molecule has 0 saturated heterocycles. The highest BCUT2D eigenvalue weighted by molar-refractivity contribution is 5.81. The number of nitrogens with zero attached hydrogens (tertiary/aromatic N) is 1. The lowest BCUT2D eigenvalue weighted by Crippen LogP contribution is -2.24. The van der Waals surface area contributed by atoms with Crippen LogP contribution in [0.4, 0.5) is 4.79 Å². The molecule has 0 atom stereocenters. The number of carbonyl (C=O) groups excluding carboxylic acids is 1. The number of rotatable bonds is 4. The van der Waals surface area contributed by atoms with Crippen molar-refractivity contribution < 1.29 is 9.53 Å². The van der Waals surface area contributed by atoms with Crippen molar-refractivity contribution in [3.05, 3.63) is 59.2 Å².